The fourth-order valence-corrected chi connectivity index (χ4v) is 3.16. The van der Waals surface area contributed by atoms with Crippen LogP contribution < -0.4 is 14.2 Å². The maximum absolute atomic E-state index is 14.5. The zero-order valence-electron chi connectivity index (χ0n) is 19.0. The Kier molecular flexibility index (Phi) is 9.12. The van der Waals surface area contributed by atoms with Crippen LogP contribution in [0.1, 0.15) is 37.8 Å². The normalized spacial score (nSPS) is 10.5. The van der Waals surface area contributed by atoms with Gasteiger partial charge in [-0.05, 0) is 67.3 Å². The van der Waals surface area contributed by atoms with Gasteiger partial charge in [0.05, 0.1) is 13.2 Å². The summed E-state index contributed by atoms with van der Waals surface area (Å²) in [6.07, 6.45) is 1.50. The van der Waals surface area contributed by atoms with Crippen LogP contribution in [-0.2, 0) is 22.6 Å². The van der Waals surface area contributed by atoms with Crippen LogP contribution in [-0.4, -0.2) is 19.2 Å². The van der Waals surface area contributed by atoms with E-state index in [9.17, 15) is 9.18 Å². The van der Waals surface area contributed by atoms with E-state index in [0.29, 0.717) is 42.4 Å². The van der Waals surface area contributed by atoms with Gasteiger partial charge in [0.1, 0.15) is 23.9 Å². The minimum atomic E-state index is -0.476. The molecule has 0 N–H and O–H groups in total. The first-order valence-corrected chi connectivity index (χ1v) is 11.1. The summed E-state index contributed by atoms with van der Waals surface area (Å²) in [6.45, 7) is 4.85. The third-order valence-corrected chi connectivity index (χ3v) is 4.71. The molecule has 3 rings (SSSR count). The molecule has 0 aliphatic carbocycles. The van der Waals surface area contributed by atoms with Gasteiger partial charge in [0.25, 0.3) is 0 Å². The molecule has 0 radical (unpaired) electrons. The van der Waals surface area contributed by atoms with E-state index in [4.69, 9.17) is 18.9 Å². The summed E-state index contributed by atoms with van der Waals surface area (Å²) in [5.41, 5.74) is 1.50. The van der Waals surface area contributed by atoms with Gasteiger partial charge in [0.15, 0.2) is 11.6 Å². The van der Waals surface area contributed by atoms with Crippen LogP contribution in [0.3, 0.4) is 0 Å². The molecule has 5 nitrogen and oxygen atoms in total. The SMILES string of the molecule is CCCOc1cc(COc2ccc(CCC(=O)OCC)cc2F)cc(Oc2ccccc2)c1. The maximum Gasteiger partial charge on any atom is 0.306 e. The second kappa shape index (κ2) is 12.5. The Hall–Kier alpha value is -3.54. The van der Waals surface area contributed by atoms with Crippen molar-refractivity contribution in [3.05, 3.63) is 83.7 Å². The summed E-state index contributed by atoms with van der Waals surface area (Å²) in [5, 5.41) is 0. The number of hydrogen-bond donors (Lipinski definition) is 0. The van der Waals surface area contributed by atoms with Crippen LogP contribution in [0.5, 0.6) is 23.0 Å². The molecule has 0 fully saturated rings. The van der Waals surface area contributed by atoms with E-state index < -0.39 is 5.82 Å². The van der Waals surface area contributed by atoms with Crippen molar-refractivity contribution in [2.24, 2.45) is 0 Å². The minimum Gasteiger partial charge on any atom is -0.493 e. The van der Waals surface area contributed by atoms with Crippen molar-refractivity contribution in [1.82, 2.24) is 0 Å². The van der Waals surface area contributed by atoms with Gasteiger partial charge in [0, 0.05) is 12.5 Å². The number of ether oxygens (including phenoxy) is 4. The number of rotatable bonds is 12. The van der Waals surface area contributed by atoms with Gasteiger partial charge >= 0.3 is 5.97 Å². The van der Waals surface area contributed by atoms with Gasteiger partial charge in [-0.25, -0.2) is 4.39 Å². The number of benzene rings is 3. The van der Waals surface area contributed by atoms with E-state index in [1.165, 1.54) is 6.07 Å². The zero-order chi connectivity index (χ0) is 23.5. The van der Waals surface area contributed by atoms with Crippen molar-refractivity contribution in [1.29, 1.82) is 0 Å². The number of carbonyl (C=O) groups is 1. The van der Waals surface area contributed by atoms with Gasteiger partial charge in [-0.2, -0.15) is 0 Å². The predicted octanol–water partition coefficient (Wildman–Crippen LogP) is 6.48. The van der Waals surface area contributed by atoms with Crippen LogP contribution in [0.4, 0.5) is 4.39 Å². The third kappa shape index (κ3) is 7.83. The highest BCUT2D eigenvalue weighted by Gasteiger charge is 2.10. The lowest BCUT2D eigenvalue weighted by Crippen LogP contribution is -2.05. The molecule has 0 atom stereocenters. The summed E-state index contributed by atoms with van der Waals surface area (Å²) in [5.74, 6) is 1.36. The molecule has 0 saturated carbocycles. The molecule has 0 aliphatic heterocycles. The number of para-hydroxylation sites is 1. The van der Waals surface area contributed by atoms with E-state index in [2.05, 4.69) is 0 Å². The van der Waals surface area contributed by atoms with E-state index in [-0.39, 0.29) is 24.7 Å². The molecule has 174 valence electrons. The van der Waals surface area contributed by atoms with Crippen molar-refractivity contribution in [2.75, 3.05) is 13.2 Å². The molecule has 0 bridgehead atoms. The lowest BCUT2D eigenvalue weighted by atomic mass is 10.1. The molecule has 0 aromatic heterocycles. The molecule has 33 heavy (non-hydrogen) atoms. The van der Waals surface area contributed by atoms with Crippen LogP contribution >= 0.6 is 0 Å². The molecule has 0 unspecified atom stereocenters. The minimum absolute atomic E-state index is 0.139. The topological polar surface area (TPSA) is 54.0 Å². The average Bonchev–Trinajstić information content (AvgIpc) is 2.81. The van der Waals surface area contributed by atoms with Crippen molar-refractivity contribution >= 4 is 5.97 Å². The Morgan fingerprint density at radius 2 is 1.64 bits per heavy atom. The number of carbonyl (C=O) groups excluding carboxylic acids is 1. The first kappa shape index (κ1) is 24.1. The van der Waals surface area contributed by atoms with E-state index in [1.807, 2.05) is 55.5 Å². The maximum atomic E-state index is 14.5. The van der Waals surface area contributed by atoms with Crippen molar-refractivity contribution in [3.63, 3.8) is 0 Å². The molecule has 3 aromatic rings. The fourth-order valence-electron chi connectivity index (χ4n) is 3.16. The van der Waals surface area contributed by atoms with E-state index in [0.717, 1.165) is 12.0 Å². The monoisotopic (exact) mass is 452 g/mol. The number of hydrogen-bond acceptors (Lipinski definition) is 5. The Morgan fingerprint density at radius 1 is 0.848 bits per heavy atom. The molecule has 0 aliphatic rings. The predicted molar refractivity (Wildman–Crippen MR) is 124 cm³/mol. The van der Waals surface area contributed by atoms with Crippen LogP contribution in [0.15, 0.2) is 66.7 Å². The molecule has 6 heteroatoms. The highest BCUT2D eigenvalue weighted by atomic mass is 19.1. The van der Waals surface area contributed by atoms with Gasteiger partial charge in [-0.1, -0.05) is 31.2 Å². The highest BCUT2D eigenvalue weighted by Crippen LogP contribution is 2.29. The highest BCUT2D eigenvalue weighted by molar-refractivity contribution is 5.69. The first-order chi connectivity index (χ1) is 16.1. The Bertz CT molecular complexity index is 1040. The second-order valence-corrected chi connectivity index (χ2v) is 7.43. The molecule has 3 aromatic carbocycles. The average molecular weight is 453 g/mol. The quantitative estimate of drug-likeness (QED) is 0.294. The summed E-state index contributed by atoms with van der Waals surface area (Å²) in [6, 6.07) is 19.7. The smallest absolute Gasteiger partial charge is 0.306 e. The molecular weight excluding hydrogens is 423 g/mol. The van der Waals surface area contributed by atoms with E-state index >= 15 is 0 Å². The third-order valence-electron chi connectivity index (χ3n) is 4.71. The van der Waals surface area contributed by atoms with Gasteiger partial charge in [-0.15, -0.1) is 0 Å². The number of aryl methyl sites for hydroxylation is 1. The molecular formula is C27H29FO5. The van der Waals surface area contributed by atoms with Crippen LogP contribution in [0.2, 0.25) is 0 Å². The van der Waals surface area contributed by atoms with Crippen LogP contribution in [0, 0.1) is 5.82 Å². The Morgan fingerprint density at radius 3 is 2.36 bits per heavy atom. The zero-order valence-corrected chi connectivity index (χ0v) is 19.0. The lowest BCUT2D eigenvalue weighted by molar-refractivity contribution is -0.143. The van der Waals surface area contributed by atoms with E-state index in [1.54, 1.807) is 19.1 Å². The molecule has 0 amide bonds. The molecule has 0 saturated heterocycles. The Labute approximate surface area is 194 Å². The first-order valence-electron chi connectivity index (χ1n) is 11.1. The standard InChI is InChI=1S/C27H29FO5/c1-3-14-31-23-15-21(16-24(18-23)33-22-8-6-5-7-9-22)19-32-26-12-10-20(17-25(26)28)11-13-27(29)30-4-2/h5-10,12,15-18H,3-4,11,13-14,19H2,1-2H3. The number of esters is 1. The second-order valence-electron chi connectivity index (χ2n) is 7.43. The van der Waals surface area contributed by atoms with Gasteiger partial charge in [0.2, 0.25) is 0 Å². The van der Waals surface area contributed by atoms with Crippen LogP contribution in [0.25, 0.3) is 0 Å². The largest absolute Gasteiger partial charge is 0.493 e. The summed E-state index contributed by atoms with van der Waals surface area (Å²) < 4.78 is 36.9. The van der Waals surface area contributed by atoms with Crippen molar-refractivity contribution in [2.45, 2.75) is 39.7 Å². The molecule has 0 spiro atoms. The van der Waals surface area contributed by atoms with Crippen molar-refractivity contribution < 1.29 is 28.1 Å². The van der Waals surface area contributed by atoms with Crippen molar-refractivity contribution in [3.8, 4) is 23.0 Å². The fraction of sp³-hybridized carbons (Fsp3) is 0.296. The molecule has 0 heterocycles. The van der Waals surface area contributed by atoms with Gasteiger partial charge < -0.3 is 18.9 Å². The Balaban J connectivity index is 1.67. The summed E-state index contributed by atoms with van der Waals surface area (Å²) in [7, 11) is 0. The van der Waals surface area contributed by atoms with Gasteiger partial charge in [-0.3, -0.25) is 4.79 Å². The lowest BCUT2D eigenvalue weighted by Gasteiger charge is -2.13. The summed E-state index contributed by atoms with van der Waals surface area (Å²) >= 11 is 0. The summed E-state index contributed by atoms with van der Waals surface area (Å²) in [4.78, 5) is 11.5. The number of halogens is 1.